The fourth-order valence-electron chi connectivity index (χ4n) is 4.29. The van der Waals surface area contributed by atoms with E-state index in [1.807, 2.05) is 12.1 Å². The molecule has 2 aromatic rings. The van der Waals surface area contributed by atoms with Crippen LogP contribution in [0.15, 0.2) is 48.5 Å². The van der Waals surface area contributed by atoms with Crippen LogP contribution in [0.25, 0.3) is 0 Å². The topological polar surface area (TPSA) is 30.5 Å². The molecule has 27 heavy (non-hydrogen) atoms. The molecule has 3 nitrogen and oxygen atoms in total. The molecule has 0 radical (unpaired) electrons. The van der Waals surface area contributed by atoms with E-state index in [1.54, 1.807) is 7.11 Å². The minimum atomic E-state index is -0.0703. The summed E-state index contributed by atoms with van der Waals surface area (Å²) in [7, 11) is 1.70. The number of rotatable bonds is 7. The van der Waals surface area contributed by atoms with Crippen LogP contribution in [-0.4, -0.2) is 25.9 Å². The number of hydrogen-bond acceptors (Lipinski definition) is 3. The summed E-state index contributed by atoms with van der Waals surface area (Å²) in [4.78, 5) is 0. The zero-order chi connectivity index (χ0) is 19.3. The maximum absolute atomic E-state index is 6.03. The van der Waals surface area contributed by atoms with Crippen molar-refractivity contribution >= 4 is 0 Å². The third kappa shape index (κ3) is 5.12. The second kappa shape index (κ2) is 8.45. The fourth-order valence-corrected chi connectivity index (χ4v) is 4.29. The number of ether oxygens (including phenoxy) is 2. The molecular weight excluding hydrogens is 334 g/mol. The molecule has 0 saturated carbocycles. The molecule has 0 aliphatic carbocycles. The summed E-state index contributed by atoms with van der Waals surface area (Å²) in [5, 5.41) is 3.64. The van der Waals surface area contributed by atoms with E-state index in [9.17, 15) is 0 Å². The van der Waals surface area contributed by atoms with Crippen molar-refractivity contribution in [3.8, 4) is 5.75 Å². The molecule has 1 heterocycles. The lowest BCUT2D eigenvalue weighted by atomic mass is 9.67. The third-order valence-electron chi connectivity index (χ3n) is 5.77. The molecule has 1 fully saturated rings. The summed E-state index contributed by atoms with van der Waals surface area (Å²) in [5.74, 6) is 0.904. The first-order valence-corrected chi connectivity index (χ1v) is 9.97. The molecular formula is C24H33NO2. The summed E-state index contributed by atoms with van der Waals surface area (Å²) in [5.41, 5.74) is 4.17. The molecule has 1 aliphatic rings. The van der Waals surface area contributed by atoms with Crippen molar-refractivity contribution in [2.45, 2.75) is 57.6 Å². The molecule has 146 valence electrons. The quantitative estimate of drug-likeness (QED) is 0.698. The summed E-state index contributed by atoms with van der Waals surface area (Å²) in [6.07, 6.45) is 3.27. The zero-order valence-electron chi connectivity index (χ0n) is 17.2. The third-order valence-corrected chi connectivity index (χ3v) is 5.77. The Morgan fingerprint density at radius 3 is 2.37 bits per heavy atom. The van der Waals surface area contributed by atoms with E-state index in [0.717, 1.165) is 44.7 Å². The molecule has 3 rings (SSSR count). The first-order chi connectivity index (χ1) is 12.9. The fraction of sp³-hybridized carbons (Fsp3) is 0.500. The van der Waals surface area contributed by atoms with E-state index >= 15 is 0 Å². The van der Waals surface area contributed by atoms with Gasteiger partial charge in [-0.2, -0.15) is 0 Å². The summed E-state index contributed by atoms with van der Waals surface area (Å²) < 4.78 is 11.3. The second-order valence-electron chi connectivity index (χ2n) is 8.46. The summed E-state index contributed by atoms with van der Waals surface area (Å²) >= 11 is 0. The molecule has 1 aliphatic heterocycles. The number of nitrogens with one attached hydrogen (secondary N) is 1. The molecule has 0 amide bonds. The van der Waals surface area contributed by atoms with E-state index in [0.29, 0.717) is 0 Å². The Balaban J connectivity index is 1.65. The van der Waals surface area contributed by atoms with Crippen LogP contribution in [0.5, 0.6) is 5.75 Å². The smallest absolute Gasteiger partial charge is 0.118 e. The van der Waals surface area contributed by atoms with Gasteiger partial charge in [0.15, 0.2) is 0 Å². The molecule has 0 aromatic heterocycles. The Kier molecular flexibility index (Phi) is 6.23. The number of hydrogen-bond donors (Lipinski definition) is 1. The van der Waals surface area contributed by atoms with Gasteiger partial charge in [-0.15, -0.1) is 0 Å². The average Bonchev–Trinajstić information content (AvgIpc) is 2.65. The van der Waals surface area contributed by atoms with Gasteiger partial charge in [-0.1, -0.05) is 42.0 Å². The molecule has 1 atom stereocenters. The van der Waals surface area contributed by atoms with Gasteiger partial charge in [0.2, 0.25) is 0 Å². The standard InChI is InChI=1S/C24H33NO2/c1-19-5-9-21(10-6-19)24(14-16-27-23(2,3)18-24)13-15-25-17-20-7-11-22(26-4)12-8-20/h5-12,25H,13-18H2,1-4H3. The molecule has 1 unspecified atom stereocenters. The van der Waals surface area contributed by atoms with Crippen LogP contribution >= 0.6 is 0 Å². The summed E-state index contributed by atoms with van der Waals surface area (Å²) in [6.45, 7) is 9.31. The van der Waals surface area contributed by atoms with Gasteiger partial charge in [-0.3, -0.25) is 0 Å². The van der Waals surface area contributed by atoms with Gasteiger partial charge in [-0.05, 0) is 69.8 Å². The van der Waals surface area contributed by atoms with Crippen molar-refractivity contribution in [2.75, 3.05) is 20.3 Å². The van der Waals surface area contributed by atoms with Crippen LogP contribution in [-0.2, 0) is 16.7 Å². The predicted molar refractivity (Wildman–Crippen MR) is 111 cm³/mol. The number of benzene rings is 2. The van der Waals surface area contributed by atoms with Gasteiger partial charge >= 0.3 is 0 Å². The Labute approximate surface area is 164 Å². The Morgan fingerprint density at radius 1 is 1.04 bits per heavy atom. The maximum Gasteiger partial charge on any atom is 0.118 e. The van der Waals surface area contributed by atoms with Crippen LogP contribution in [0.4, 0.5) is 0 Å². The second-order valence-corrected chi connectivity index (χ2v) is 8.46. The highest BCUT2D eigenvalue weighted by molar-refractivity contribution is 5.30. The number of methoxy groups -OCH3 is 1. The van der Waals surface area contributed by atoms with Gasteiger partial charge in [0, 0.05) is 18.6 Å². The van der Waals surface area contributed by atoms with Gasteiger partial charge in [0.25, 0.3) is 0 Å². The van der Waals surface area contributed by atoms with E-state index < -0.39 is 0 Å². The molecule has 1 saturated heterocycles. The lowest BCUT2D eigenvalue weighted by Gasteiger charge is -2.45. The lowest BCUT2D eigenvalue weighted by molar-refractivity contribution is -0.0840. The van der Waals surface area contributed by atoms with Gasteiger partial charge < -0.3 is 14.8 Å². The predicted octanol–water partition coefficient (Wildman–Crippen LogP) is 5.01. The Bertz CT molecular complexity index is 721. The largest absolute Gasteiger partial charge is 0.497 e. The summed E-state index contributed by atoms with van der Waals surface area (Å²) in [6, 6.07) is 17.4. The number of aryl methyl sites for hydroxylation is 1. The van der Waals surface area contributed by atoms with Crippen molar-refractivity contribution in [1.82, 2.24) is 5.32 Å². The molecule has 1 N–H and O–H groups in total. The van der Waals surface area contributed by atoms with Crippen molar-refractivity contribution < 1.29 is 9.47 Å². The van der Waals surface area contributed by atoms with E-state index in [4.69, 9.17) is 9.47 Å². The van der Waals surface area contributed by atoms with Gasteiger partial charge in [0.05, 0.1) is 12.7 Å². The Hall–Kier alpha value is -1.84. The average molecular weight is 368 g/mol. The van der Waals surface area contributed by atoms with Crippen LogP contribution in [0.3, 0.4) is 0 Å². The molecule has 0 bridgehead atoms. The van der Waals surface area contributed by atoms with Crippen LogP contribution in [0.2, 0.25) is 0 Å². The highest BCUT2D eigenvalue weighted by atomic mass is 16.5. The maximum atomic E-state index is 6.03. The highest BCUT2D eigenvalue weighted by Gasteiger charge is 2.41. The van der Waals surface area contributed by atoms with Crippen LogP contribution < -0.4 is 10.1 Å². The van der Waals surface area contributed by atoms with Crippen molar-refractivity contribution in [2.24, 2.45) is 0 Å². The van der Waals surface area contributed by atoms with Gasteiger partial charge in [0.1, 0.15) is 5.75 Å². The van der Waals surface area contributed by atoms with Crippen molar-refractivity contribution in [3.05, 3.63) is 65.2 Å². The van der Waals surface area contributed by atoms with Crippen LogP contribution in [0.1, 0.15) is 49.8 Å². The first kappa shape index (κ1) is 19.9. The van der Waals surface area contributed by atoms with E-state index in [-0.39, 0.29) is 11.0 Å². The highest BCUT2D eigenvalue weighted by Crippen LogP contribution is 2.43. The lowest BCUT2D eigenvalue weighted by Crippen LogP contribution is -2.45. The van der Waals surface area contributed by atoms with Crippen molar-refractivity contribution in [1.29, 1.82) is 0 Å². The normalized spacial score (nSPS) is 21.8. The van der Waals surface area contributed by atoms with E-state index in [1.165, 1.54) is 16.7 Å². The molecule has 3 heteroatoms. The molecule has 2 aromatic carbocycles. The van der Waals surface area contributed by atoms with Crippen LogP contribution in [0, 0.1) is 6.92 Å². The Morgan fingerprint density at radius 2 is 1.74 bits per heavy atom. The monoisotopic (exact) mass is 367 g/mol. The molecule has 0 spiro atoms. The van der Waals surface area contributed by atoms with E-state index in [2.05, 4.69) is 62.5 Å². The minimum Gasteiger partial charge on any atom is -0.497 e. The minimum absolute atomic E-state index is 0.0703. The zero-order valence-corrected chi connectivity index (χ0v) is 17.2. The first-order valence-electron chi connectivity index (χ1n) is 9.97. The SMILES string of the molecule is COc1ccc(CNCCC2(c3ccc(C)cc3)CCOC(C)(C)C2)cc1. The van der Waals surface area contributed by atoms with Crippen molar-refractivity contribution in [3.63, 3.8) is 0 Å². The van der Waals surface area contributed by atoms with Gasteiger partial charge in [-0.25, -0.2) is 0 Å².